The first-order valence-corrected chi connectivity index (χ1v) is 10.4. The number of carbonyl (C=O) groups excluding carboxylic acids is 1. The summed E-state index contributed by atoms with van der Waals surface area (Å²) in [6, 6.07) is 28.6. The summed E-state index contributed by atoms with van der Waals surface area (Å²) in [7, 11) is 0. The molecule has 0 heterocycles. The Morgan fingerprint density at radius 2 is 1.21 bits per heavy atom. The standard InChI is InChI=1S/C27H31NO/c1-21(20-27(2,3)4)19-26(29)22-15-17-25(18-16-22)28(23-11-7-5-8-12-23)24-13-9-6-10-14-24/h5-18,21H,19-20H2,1-4H3. The first kappa shape index (κ1) is 20.9. The Morgan fingerprint density at radius 3 is 1.66 bits per heavy atom. The molecular weight excluding hydrogens is 354 g/mol. The zero-order valence-corrected chi connectivity index (χ0v) is 17.9. The SMILES string of the molecule is CC(CC(=O)c1ccc(N(c2ccccc2)c2ccccc2)cc1)CC(C)(C)C. The number of benzene rings is 3. The fourth-order valence-electron chi connectivity index (χ4n) is 3.95. The van der Waals surface area contributed by atoms with Crippen LogP contribution in [0.25, 0.3) is 0 Å². The lowest BCUT2D eigenvalue weighted by Crippen LogP contribution is -2.14. The van der Waals surface area contributed by atoms with Gasteiger partial charge in [-0.15, -0.1) is 0 Å². The molecule has 0 N–H and O–H groups in total. The Hall–Kier alpha value is -2.87. The van der Waals surface area contributed by atoms with Gasteiger partial charge in [-0.3, -0.25) is 4.79 Å². The maximum atomic E-state index is 12.7. The van der Waals surface area contributed by atoms with Gasteiger partial charge in [0.1, 0.15) is 0 Å². The fourth-order valence-corrected chi connectivity index (χ4v) is 3.95. The molecule has 2 heteroatoms. The minimum atomic E-state index is 0.222. The van der Waals surface area contributed by atoms with E-state index in [1.165, 1.54) is 0 Å². The van der Waals surface area contributed by atoms with Crippen molar-refractivity contribution in [2.45, 2.75) is 40.5 Å². The van der Waals surface area contributed by atoms with Crippen molar-refractivity contribution in [2.24, 2.45) is 11.3 Å². The van der Waals surface area contributed by atoms with E-state index in [1.807, 2.05) is 60.7 Å². The first-order chi connectivity index (χ1) is 13.8. The molecular formula is C27H31NO. The maximum absolute atomic E-state index is 12.7. The molecule has 0 aromatic heterocycles. The van der Waals surface area contributed by atoms with Gasteiger partial charge in [0.25, 0.3) is 0 Å². The predicted molar refractivity (Wildman–Crippen MR) is 123 cm³/mol. The molecule has 0 spiro atoms. The van der Waals surface area contributed by atoms with Crippen LogP contribution in [0.1, 0.15) is 50.9 Å². The van der Waals surface area contributed by atoms with Gasteiger partial charge < -0.3 is 4.90 Å². The molecule has 3 aromatic carbocycles. The Morgan fingerprint density at radius 1 is 0.759 bits per heavy atom. The summed E-state index contributed by atoms with van der Waals surface area (Å²) < 4.78 is 0. The smallest absolute Gasteiger partial charge is 0.163 e. The van der Waals surface area contributed by atoms with E-state index in [9.17, 15) is 4.79 Å². The van der Waals surface area contributed by atoms with Crippen molar-refractivity contribution >= 4 is 22.8 Å². The monoisotopic (exact) mass is 385 g/mol. The molecule has 1 atom stereocenters. The van der Waals surface area contributed by atoms with Gasteiger partial charge in [0.05, 0.1) is 0 Å². The second kappa shape index (κ2) is 9.09. The van der Waals surface area contributed by atoms with Crippen LogP contribution in [0.5, 0.6) is 0 Å². The number of hydrogen-bond acceptors (Lipinski definition) is 2. The number of carbonyl (C=O) groups is 1. The van der Waals surface area contributed by atoms with Crippen LogP contribution in [-0.2, 0) is 0 Å². The van der Waals surface area contributed by atoms with E-state index in [-0.39, 0.29) is 11.2 Å². The van der Waals surface area contributed by atoms with Gasteiger partial charge in [-0.05, 0) is 66.3 Å². The summed E-state index contributed by atoms with van der Waals surface area (Å²) in [5.74, 6) is 0.603. The van der Waals surface area contributed by atoms with E-state index in [0.717, 1.165) is 29.0 Å². The molecule has 29 heavy (non-hydrogen) atoms. The third-order valence-corrected chi connectivity index (χ3v) is 4.97. The first-order valence-electron chi connectivity index (χ1n) is 10.4. The number of nitrogens with zero attached hydrogens (tertiary/aromatic N) is 1. The Labute approximate surface area is 175 Å². The molecule has 0 saturated heterocycles. The van der Waals surface area contributed by atoms with E-state index in [1.54, 1.807) is 0 Å². The highest BCUT2D eigenvalue weighted by atomic mass is 16.1. The normalized spacial score (nSPS) is 12.4. The summed E-state index contributed by atoms with van der Waals surface area (Å²) in [5.41, 5.74) is 4.26. The van der Waals surface area contributed by atoms with Crippen molar-refractivity contribution in [3.05, 3.63) is 90.5 Å². The van der Waals surface area contributed by atoms with E-state index in [2.05, 4.69) is 56.9 Å². The largest absolute Gasteiger partial charge is 0.311 e. The molecule has 0 aliphatic heterocycles. The average Bonchev–Trinajstić information content (AvgIpc) is 2.69. The molecule has 1 unspecified atom stereocenters. The minimum Gasteiger partial charge on any atom is -0.311 e. The van der Waals surface area contributed by atoms with Crippen molar-refractivity contribution in [2.75, 3.05) is 4.90 Å². The van der Waals surface area contributed by atoms with Crippen molar-refractivity contribution in [1.82, 2.24) is 0 Å². The quantitative estimate of drug-likeness (QED) is 0.387. The van der Waals surface area contributed by atoms with Crippen LogP contribution >= 0.6 is 0 Å². The topological polar surface area (TPSA) is 20.3 Å². The fraction of sp³-hybridized carbons (Fsp3) is 0.296. The molecule has 3 rings (SSSR count). The van der Waals surface area contributed by atoms with Gasteiger partial charge in [-0.1, -0.05) is 64.1 Å². The lowest BCUT2D eigenvalue weighted by Gasteiger charge is -2.25. The highest BCUT2D eigenvalue weighted by Crippen LogP contribution is 2.34. The van der Waals surface area contributed by atoms with Crippen molar-refractivity contribution in [3.8, 4) is 0 Å². The molecule has 0 aliphatic carbocycles. The third-order valence-electron chi connectivity index (χ3n) is 4.97. The lowest BCUT2D eigenvalue weighted by molar-refractivity contribution is 0.0954. The molecule has 2 nitrogen and oxygen atoms in total. The zero-order chi connectivity index (χ0) is 20.9. The van der Waals surface area contributed by atoms with Gasteiger partial charge in [-0.2, -0.15) is 0 Å². The zero-order valence-electron chi connectivity index (χ0n) is 17.9. The number of Topliss-reactive ketones (excluding diaryl/α,β-unsaturated/α-hetero) is 1. The molecule has 0 radical (unpaired) electrons. The number of para-hydroxylation sites is 2. The summed E-state index contributed by atoms with van der Waals surface area (Å²) in [5, 5.41) is 0. The Balaban J connectivity index is 1.82. The highest BCUT2D eigenvalue weighted by molar-refractivity contribution is 5.96. The number of rotatable bonds is 7. The van der Waals surface area contributed by atoms with Gasteiger partial charge in [0.2, 0.25) is 0 Å². The van der Waals surface area contributed by atoms with Crippen LogP contribution in [0.15, 0.2) is 84.9 Å². The van der Waals surface area contributed by atoms with Gasteiger partial charge in [0.15, 0.2) is 5.78 Å². The molecule has 0 aliphatic rings. The number of anilines is 3. The molecule has 3 aromatic rings. The second-order valence-corrected chi connectivity index (χ2v) is 9.05. The molecule has 0 amide bonds. The van der Waals surface area contributed by atoms with E-state index in [4.69, 9.17) is 0 Å². The molecule has 150 valence electrons. The van der Waals surface area contributed by atoms with E-state index in [0.29, 0.717) is 12.3 Å². The summed E-state index contributed by atoms with van der Waals surface area (Å²) >= 11 is 0. The Bertz CT molecular complexity index is 869. The molecule has 0 fully saturated rings. The van der Waals surface area contributed by atoms with Crippen LogP contribution in [0.4, 0.5) is 17.1 Å². The highest BCUT2D eigenvalue weighted by Gasteiger charge is 2.19. The predicted octanol–water partition coefficient (Wildman–Crippen LogP) is 7.80. The van der Waals surface area contributed by atoms with Crippen LogP contribution in [0.2, 0.25) is 0 Å². The van der Waals surface area contributed by atoms with Crippen LogP contribution in [-0.4, -0.2) is 5.78 Å². The number of ketones is 1. The average molecular weight is 386 g/mol. The van der Waals surface area contributed by atoms with Crippen molar-refractivity contribution in [1.29, 1.82) is 0 Å². The minimum absolute atomic E-state index is 0.222. The van der Waals surface area contributed by atoms with E-state index < -0.39 is 0 Å². The van der Waals surface area contributed by atoms with Crippen molar-refractivity contribution in [3.63, 3.8) is 0 Å². The summed E-state index contributed by atoms with van der Waals surface area (Å²) in [6.07, 6.45) is 1.64. The van der Waals surface area contributed by atoms with Crippen molar-refractivity contribution < 1.29 is 4.79 Å². The summed E-state index contributed by atoms with van der Waals surface area (Å²) in [4.78, 5) is 15.0. The number of hydrogen-bond donors (Lipinski definition) is 0. The maximum Gasteiger partial charge on any atom is 0.163 e. The van der Waals surface area contributed by atoms with E-state index >= 15 is 0 Å². The van der Waals surface area contributed by atoms with Crippen LogP contribution in [0, 0.1) is 11.3 Å². The summed E-state index contributed by atoms with van der Waals surface area (Å²) in [6.45, 7) is 8.85. The van der Waals surface area contributed by atoms with Gasteiger partial charge in [-0.25, -0.2) is 0 Å². The van der Waals surface area contributed by atoms with Crippen LogP contribution < -0.4 is 4.90 Å². The molecule has 0 bridgehead atoms. The van der Waals surface area contributed by atoms with Gasteiger partial charge in [0, 0.05) is 29.0 Å². The van der Waals surface area contributed by atoms with Gasteiger partial charge >= 0.3 is 0 Å². The second-order valence-electron chi connectivity index (χ2n) is 9.05. The molecule has 0 saturated carbocycles. The van der Waals surface area contributed by atoms with Crippen LogP contribution in [0.3, 0.4) is 0 Å². The third kappa shape index (κ3) is 5.80. The lowest BCUT2D eigenvalue weighted by atomic mass is 9.83. The Kier molecular flexibility index (Phi) is 6.53.